The Balaban J connectivity index is 1.91. The van der Waals surface area contributed by atoms with Crippen LogP contribution in [0.5, 0.6) is 11.5 Å². The van der Waals surface area contributed by atoms with Gasteiger partial charge in [-0.1, -0.05) is 13.8 Å². The first-order valence-corrected chi connectivity index (χ1v) is 7.65. The molecule has 1 aromatic carbocycles. The molecule has 1 aliphatic heterocycles. The highest BCUT2D eigenvalue weighted by Gasteiger charge is 2.15. The Morgan fingerprint density at radius 1 is 1.24 bits per heavy atom. The van der Waals surface area contributed by atoms with E-state index in [1.165, 1.54) is 0 Å². The van der Waals surface area contributed by atoms with Crippen molar-refractivity contribution in [3.63, 3.8) is 0 Å². The third-order valence-electron chi connectivity index (χ3n) is 3.62. The zero-order chi connectivity index (χ0) is 14.8. The maximum Gasteiger partial charge on any atom is 0.162 e. The molecule has 1 atom stereocenters. The molecule has 0 bridgehead atoms. The Bertz CT molecular complexity index is 645. The minimum absolute atomic E-state index is 0.0688. The van der Waals surface area contributed by atoms with E-state index < -0.39 is 0 Å². The lowest BCUT2D eigenvalue weighted by Crippen LogP contribution is -2.20. The zero-order valence-corrected chi connectivity index (χ0v) is 13.0. The molecule has 1 aromatic heterocycles. The van der Waals surface area contributed by atoms with Gasteiger partial charge < -0.3 is 14.8 Å². The number of halogens is 1. The monoisotopic (exact) mass is 306 g/mol. The minimum Gasteiger partial charge on any atom is -0.486 e. The van der Waals surface area contributed by atoms with E-state index in [1.807, 2.05) is 18.2 Å². The van der Waals surface area contributed by atoms with Gasteiger partial charge in [0.15, 0.2) is 11.5 Å². The van der Waals surface area contributed by atoms with Crippen molar-refractivity contribution in [1.29, 1.82) is 0 Å². The largest absolute Gasteiger partial charge is 0.486 e. The van der Waals surface area contributed by atoms with Gasteiger partial charge in [0.2, 0.25) is 0 Å². The topological polar surface area (TPSA) is 43.4 Å². The molecule has 1 N–H and O–H groups in total. The van der Waals surface area contributed by atoms with Crippen LogP contribution in [0, 0.1) is 5.92 Å². The van der Waals surface area contributed by atoms with Gasteiger partial charge in [-0.15, -0.1) is 11.6 Å². The highest BCUT2D eigenvalue weighted by atomic mass is 35.5. The van der Waals surface area contributed by atoms with Gasteiger partial charge >= 0.3 is 0 Å². The van der Waals surface area contributed by atoms with Gasteiger partial charge in [-0.25, -0.2) is 4.98 Å². The first kappa shape index (κ1) is 14.3. The molecule has 0 fully saturated rings. The van der Waals surface area contributed by atoms with Crippen LogP contribution in [0.4, 0.5) is 5.82 Å². The summed E-state index contributed by atoms with van der Waals surface area (Å²) in [4.78, 5) is 4.42. The molecule has 0 radical (unpaired) electrons. The molecular weight excluding hydrogens is 288 g/mol. The van der Waals surface area contributed by atoms with Crippen LogP contribution in [-0.2, 0) is 0 Å². The van der Waals surface area contributed by atoms with Crippen LogP contribution in [-0.4, -0.2) is 30.1 Å². The third-order valence-corrected chi connectivity index (χ3v) is 4.27. The third kappa shape index (κ3) is 3.00. The number of nitrogens with zero attached hydrogens (tertiary/aromatic N) is 1. The van der Waals surface area contributed by atoms with Crippen LogP contribution >= 0.6 is 11.6 Å². The Morgan fingerprint density at radius 3 is 2.67 bits per heavy atom. The Morgan fingerprint density at radius 2 is 1.95 bits per heavy atom. The number of alkyl halides is 1. The number of hydrogen-bond acceptors (Lipinski definition) is 4. The summed E-state index contributed by atoms with van der Waals surface area (Å²) in [6, 6.07) is 5.95. The van der Waals surface area contributed by atoms with Crippen molar-refractivity contribution in [1.82, 2.24) is 4.98 Å². The van der Waals surface area contributed by atoms with Crippen LogP contribution in [0.25, 0.3) is 10.8 Å². The van der Waals surface area contributed by atoms with Gasteiger partial charge in [0.05, 0.1) is 5.38 Å². The fourth-order valence-corrected chi connectivity index (χ4v) is 2.36. The summed E-state index contributed by atoms with van der Waals surface area (Å²) in [5.74, 6) is 2.81. The van der Waals surface area contributed by atoms with Crippen molar-refractivity contribution in [2.75, 3.05) is 25.1 Å². The summed E-state index contributed by atoms with van der Waals surface area (Å²) in [6.45, 7) is 6.07. The molecule has 0 aliphatic carbocycles. The SMILES string of the molecule is CC(C)C(Cl)CNc1nccc2cc3c(cc12)OCCO3. The van der Waals surface area contributed by atoms with Crippen LogP contribution in [0.15, 0.2) is 24.4 Å². The molecule has 21 heavy (non-hydrogen) atoms. The number of fused-ring (bicyclic) bond motifs is 2. The molecule has 3 rings (SSSR count). The number of aromatic nitrogens is 1. The van der Waals surface area contributed by atoms with E-state index in [9.17, 15) is 0 Å². The molecule has 0 saturated heterocycles. The standard InChI is InChI=1S/C16H19ClN2O2/c1-10(2)13(17)9-19-16-12-8-15-14(20-5-6-21-15)7-11(12)3-4-18-16/h3-4,7-8,10,13H,5-6,9H2,1-2H3,(H,18,19). The molecule has 0 spiro atoms. The minimum atomic E-state index is 0.0688. The Kier molecular flexibility index (Phi) is 4.06. The second-order valence-electron chi connectivity index (χ2n) is 5.52. The summed E-state index contributed by atoms with van der Waals surface area (Å²) in [7, 11) is 0. The van der Waals surface area contributed by atoms with Crippen molar-refractivity contribution in [3.8, 4) is 11.5 Å². The number of ether oxygens (including phenoxy) is 2. The summed E-state index contributed by atoms with van der Waals surface area (Å²) < 4.78 is 11.3. The van der Waals surface area contributed by atoms with Crippen molar-refractivity contribution < 1.29 is 9.47 Å². The normalized spacial score (nSPS) is 15.2. The quantitative estimate of drug-likeness (QED) is 0.875. The highest BCUT2D eigenvalue weighted by molar-refractivity contribution is 6.21. The molecule has 2 heterocycles. The number of rotatable bonds is 4. The fraction of sp³-hybridized carbons (Fsp3) is 0.438. The van der Waals surface area contributed by atoms with Gasteiger partial charge in [0.25, 0.3) is 0 Å². The van der Waals surface area contributed by atoms with E-state index in [0.717, 1.165) is 28.1 Å². The van der Waals surface area contributed by atoms with E-state index in [-0.39, 0.29) is 5.38 Å². The van der Waals surface area contributed by atoms with Gasteiger partial charge in [-0.2, -0.15) is 0 Å². The smallest absolute Gasteiger partial charge is 0.162 e. The van der Waals surface area contributed by atoms with Crippen LogP contribution in [0.2, 0.25) is 0 Å². The van der Waals surface area contributed by atoms with E-state index >= 15 is 0 Å². The van der Waals surface area contributed by atoms with Gasteiger partial charge in [0, 0.05) is 18.1 Å². The van der Waals surface area contributed by atoms with E-state index in [1.54, 1.807) is 6.20 Å². The summed E-state index contributed by atoms with van der Waals surface area (Å²) in [5.41, 5.74) is 0. The molecule has 1 aliphatic rings. The number of benzene rings is 1. The van der Waals surface area contributed by atoms with Crippen LogP contribution in [0.1, 0.15) is 13.8 Å². The van der Waals surface area contributed by atoms with E-state index in [4.69, 9.17) is 21.1 Å². The molecule has 112 valence electrons. The first-order valence-electron chi connectivity index (χ1n) is 7.21. The second kappa shape index (κ2) is 5.98. The van der Waals surface area contributed by atoms with Crippen LogP contribution < -0.4 is 14.8 Å². The lowest BCUT2D eigenvalue weighted by molar-refractivity contribution is 0.172. The van der Waals surface area contributed by atoms with Crippen LogP contribution in [0.3, 0.4) is 0 Å². The predicted octanol–water partition coefficient (Wildman–Crippen LogP) is 3.68. The molecule has 1 unspecified atom stereocenters. The first-order chi connectivity index (χ1) is 10.1. The molecular formula is C16H19ClN2O2. The number of hydrogen-bond donors (Lipinski definition) is 1. The van der Waals surface area contributed by atoms with Crippen molar-refractivity contribution >= 4 is 28.2 Å². The molecule has 0 amide bonds. The second-order valence-corrected chi connectivity index (χ2v) is 6.08. The average molecular weight is 307 g/mol. The maximum atomic E-state index is 6.30. The Hall–Kier alpha value is -1.68. The molecule has 0 saturated carbocycles. The average Bonchev–Trinajstić information content (AvgIpc) is 2.50. The number of nitrogens with one attached hydrogen (secondary N) is 1. The summed E-state index contributed by atoms with van der Waals surface area (Å²) >= 11 is 6.30. The lowest BCUT2D eigenvalue weighted by atomic mass is 10.1. The molecule has 5 heteroatoms. The summed E-state index contributed by atoms with van der Waals surface area (Å²) in [5, 5.41) is 5.50. The zero-order valence-electron chi connectivity index (χ0n) is 12.2. The van der Waals surface area contributed by atoms with Crippen molar-refractivity contribution in [3.05, 3.63) is 24.4 Å². The fourth-order valence-electron chi connectivity index (χ4n) is 2.28. The summed E-state index contributed by atoms with van der Waals surface area (Å²) in [6.07, 6.45) is 1.79. The predicted molar refractivity (Wildman–Crippen MR) is 85.7 cm³/mol. The maximum absolute atomic E-state index is 6.30. The van der Waals surface area contributed by atoms with E-state index in [0.29, 0.717) is 25.7 Å². The van der Waals surface area contributed by atoms with E-state index in [2.05, 4.69) is 24.1 Å². The molecule has 4 nitrogen and oxygen atoms in total. The van der Waals surface area contributed by atoms with Gasteiger partial charge in [-0.05, 0) is 29.5 Å². The van der Waals surface area contributed by atoms with Gasteiger partial charge in [0.1, 0.15) is 19.0 Å². The van der Waals surface area contributed by atoms with Crippen molar-refractivity contribution in [2.24, 2.45) is 5.92 Å². The molecule has 2 aromatic rings. The Labute approximate surface area is 129 Å². The number of anilines is 1. The van der Waals surface area contributed by atoms with Crippen molar-refractivity contribution in [2.45, 2.75) is 19.2 Å². The highest BCUT2D eigenvalue weighted by Crippen LogP contribution is 2.36. The van der Waals surface area contributed by atoms with Gasteiger partial charge in [-0.3, -0.25) is 0 Å². The number of pyridine rings is 1. The lowest BCUT2D eigenvalue weighted by Gasteiger charge is -2.20.